The second-order valence-corrected chi connectivity index (χ2v) is 5.39. The third-order valence-electron chi connectivity index (χ3n) is 3.21. The molecule has 0 fully saturated rings. The fourth-order valence-corrected chi connectivity index (χ4v) is 2.07. The summed E-state index contributed by atoms with van der Waals surface area (Å²) in [6.07, 6.45) is -4.36. The van der Waals surface area contributed by atoms with Crippen LogP contribution in [-0.4, -0.2) is 31.1 Å². The number of para-hydroxylation sites is 2. The second kappa shape index (κ2) is 8.89. The van der Waals surface area contributed by atoms with Crippen LogP contribution in [0.1, 0.15) is 5.56 Å². The van der Waals surface area contributed by atoms with Crippen molar-refractivity contribution in [3.05, 3.63) is 60.2 Å². The first-order chi connectivity index (χ1) is 12.3. The Hall–Kier alpha value is -3.03. The van der Waals surface area contributed by atoms with E-state index in [1.165, 1.54) is 18.2 Å². The van der Waals surface area contributed by atoms with Gasteiger partial charge in [0.15, 0.2) is 6.61 Å². The molecule has 2 N–H and O–H groups in total. The van der Waals surface area contributed by atoms with E-state index in [1.54, 1.807) is 30.3 Å². The molecule has 0 heterocycles. The molecular formula is C18H17F3N2O3. The Morgan fingerprint density at radius 2 is 1.58 bits per heavy atom. The Morgan fingerprint density at radius 1 is 0.923 bits per heavy atom. The molecule has 5 nitrogen and oxygen atoms in total. The van der Waals surface area contributed by atoms with Gasteiger partial charge < -0.3 is 15.4 Å². The Bertz CT molecular complexity index is 749. The molecule has 2 aromatic carbocycles. The Kier molecular flexibility index (Phi) is 6.60. The highest BCUT2D eigenvalue weighted by molar-refractivity contribution is 5.95. The number of carbonyl (C=O) groups excluding carboxylic acids is 2. The lowest BCUT2D eigenvalue weighted by molar-refractivity contribution is -0.153. The van der Waals surface area contributed by atoms with E-state index < -0.39 is 18.7 Å². The summed E-state index contributed by atoms with van der Waals surface area (Å²) in [6, 6.07) is 14.8. The molecule has 2 amide bonds. The van der Waals surface area contributed by atoms with E-state index in [0.717, 1.165) is 5.56 Å². The molecule has 0 saturated heterocycles. The lowest BCUT2D eigenvalue weighted by Gasteiger charge is -2.14. The van der Waals surface area contributed by atoms with Crippen molar-refractivity contribution in [2.24, 2.45) is 0 Å². The van der Waals surface area contributed by atoms with Gasteiger partial charge in [-0.3, -0.25) is 9.59 Å². The van der Waals surface area contributed by atoms with E-state index in [-0.39, 0.29) is 30.3 Å². The Balaban J connectivity index is 1.85. The quantitative estimate of drug-likeness (QED) is 0.792. The molecule has 26 heavy (non-hydrogen) atoms. The van der Waals surface area contributed by atoms with Crippen molar-refractivity contribution in [1.82, 2.24) is 5.32 Å². The first-order valence-electron chi connectivity index (χ1n) is 7.72. The topological polar surface area (TPSA) is 67.4 Å². The zero-order valence-electron chi connectivity index (χ0n) is 13.7. The van der Waals surface area contributed by atoms with Crippen molar-refractivity contribution >= 4 is 17.5 Å². The smallest absolute Gasteiger partial charge is 0.422 e. The number of ether oxygens (including phenoxy) is 1. The van der Waals surface area contributed by atoms with Crippen molar-refractivity contribution in [3.63, 3.8) is 0 Å². The number of benzene rings is 2. The van der Waals surface area contributed by atoms with Gasteiger partial charge in [-0.2, -0.15) is 13.2 Å². The number of hydrogen-bond acceptors (Lipinski definition) is 3. The van der Waals surface area contributed by atoms with Gasteiger partial charge in [-0.05, 0) is 17.7 Å². The van der Waals surface area contributed by atoms with E-state index in [0.29, 0.717) is 0 Å². The maximum Gasteiger partial charge on any atom is 0.422 e. The number of amides is 2. The molecule has 2 aromatic rings. The minimum absolute atomic E-state index is 0.0964. The van der Waals surface area contributed by atoms with E-state index in [9.17, 15) is 22.8 Å². The van der Waals surface area contributed by atoms with Crippen LogP contribution in [0.5, 0.6) is 5.75 Å². The predicted molar refractivity (Wildman–Crippen MR) is 89.8 cm³/mol. The van der Waals surface area contributed by atoms with Crippen LogP contribution in [-0.2, 0) is 16.0 Å². The average Bonchev–Trinajstić information content (AvgIpc) is 2.59. The fourth-order valence-electron chi connectivity index (χ4n) is 2.07. The fraction of sp³-hybridized carbons (Fsp3) is 0.222. The van der Waals surface area contributed by atoms with Gasteiger partial charge in [0.25, 0.3) is 0 Å². The SMILES string of the molecule is O=C(Cc1ccccc1)NCC(=O)Nc1ccccc1OCC(F)(F)F. The molecule has 0 aliphatic rings. The molecule has 0 radical (unpaired) electrons. The minimum Gasteiger partial charge on any atom is -0.482 e. The summed E-state index contributed by atoms with van der Waals surface area (Å²) < 4.78 is 41.5. The van der Waals surface area contributed by atoms with Gasteiger partial charge in [0.05, 0.1) is 18.7 Å². The third kappa shape index (κ3) is 6.84. The molecule has 0 bridgehead atoms. The van der Waals surface area contributed by atoms with Crippen molar-refractivity contribution in [3.8, 4) is 5.75 Å². The van der Waals surface area contributed by atoms with E-state index in [2.05, 4.69) is 15.4 Å². The summed E-state index contributed by atoms with van der Waals surface area (Å²) in [7, 11) is 0. The van der Waals surface area contributed by atoms with Gasteiger partial charge >= 0.3 is 6.18 Å². The molecule has 0 aromatic heterocycles. The largest absolute Gasteiger partial charge is 0.482 e. The highest BCUT2D eigenvalue weighted by Gasteiger charge is 2.28. The molecule has 0 atom stereocenters. The summed E-state index contributed by atoms with van der Waals surface area (Å²) in [4.78, 5) is 23.7. The lowest BCUT2D eigenvalue weighted by Crippen LogP contribution is -2.33. The summed E-state index contributed by atoms with van der Waals surface area (Å²) in [6.45, 7) is -1.77. The van der Waals surface area contributed by atoms with Gasteiger partial charge in [-0.1, -0.05) is 42.5 Å². The minimum atomic E-state index is -4.48. The molecule has 0 saturated carbocycles. The van der Waals surface area contributed by atoms with Crippen LogP contribution in [0.15, 0.2) is 54.6 Å². The third-order valence-corrected chi connectivity index (χ3v) is 3.21. The van der Waals surface area contributed by atoms with Gasteiger partial charge in [0, 0.05) is 0 Å². The molecule has 0 spiro atoms. The van der Waals surface area contributed by atoms with Crippen molar-refractivity contribution in [2.45, 2.75) is 12.6 Å². The molecule has 8 heteroatoms. The highest BCUT2D eigenvalue weighted by Crippen LogP contribution is 2.26. The number of rotatable bonds is 7. The zero-order valence-corrected chi connectivity index (χ0v) is 13.7. The van der Waals surface area contributed by atoms with Gasteiger partial charge in [0.1, 0.15) is 5.75 Å². The van der Waals surface area contributed by atoms with Crippen molar-refractivity contribution in [1.29, 1.82) is 0 Å². The number of halogens is 3. The summed E-state index contributed by atoms with van der Waals surface area (Å²) in [5, 5.41) is 4.88. The van der Waals surface area contributed by atoms with Crippen molar-refractivity contribution < 1.29 is 27.5 Å². The van der Waals surface area contributed by atoms with Crippen LogP contribution in [0.25, 0.3) is 0 Å². The van der Waals surface area contributed by atoms with E-state index in [1.807, 2.05) is 6.07 Å². The number of carbonyl (C=O) groups is 2. The summed E-state index contributed by atoms with van der Waals surface area (Å²) in [5.41, 5.74) is 0.898. The maximum atomic E-state index is 12.3. The lowest BCUT2D eigenvalue weighted by atomic mass is 10.1. The maximum absolute atomic E-state index is 12.3. The average molecular weight is 366 g/mol. The van der Waals surface area contributed by atoms with Gasteiger partial charge in [-0.25, -0.2) is 0 Å². The molecule has 0 aliphatic heterocycles. The standard InChI is InChI=1S/C18H17F3N2O3/c19-18(20,21)12-26-15-9-5-4-8-14(15)23-17(25)11-22-16(24)10-13-6-2-1-3-7-13/h1-9H,10-12H2,(H,22,24)(H,23,25). The van der Waals surface area contributed by atoms with Crippen LogP contribution < -0.4 is 15.4 Å². The monoisotopic (exact) mass is 366 g/mol. The summed E-state index contributed by atoms with van der Waals surface area (Å²) in [5.74, 6) is -1.02. The van der Waals surface area contributed by atoms with Crippen LogP contribution in [0.2, 0.25) is 0 Å². The first kappa shape index (κ1) is 19.3. The van der Waals surface area contributed by atoms with Gasteiger partial charge in [-0.15, -0.1) is 0 Å². The number of nitrogens with one attached hydrogen (secondary N) is 2. The number of anilines is 1. The van der Waals surface area contributed by atoms with E-state index in [4.69, 9.17) is 0 Å². The predicted octanol–water partition coefficient (Wildman–Crippen LogP) is 2.93. The Labute approximate surface area is 148 Å². The molecule has 2 rings (SSSR count). The van der Waals surface area contributed by atoms with Crippen LogP contribution >= 0.6 is 0 Å². The molecule has 0 unspecified atom stereocenters. The summed E-state index contributed by atoms with van der Waals surface area (Å²) >= 11 is 0. The molecular weight excluding hydrogens is 349 g/mol. The molecule has 0 aliphatic carbocycles. The van der Waals surface area contributed by atoms with Gasteiger partial charge in [0.2, 0.25) is 11.8 Å². The first-order valence-corrected chi connectivity index (χ1v) is 7.72. The second-order valence-electron chi connectivity index (χ2n) is 5.39. The normalized spacial score (nSPS) is 10.9. The zero-order chi connectivity index (χ0) is 19.0. The highest BCUT2D eigenvalue weighted by atomic mass is 19.4. The number of hydrogen-bond donors (Lipinski definition) is 2. The van der Waals surface area contributed by atoms with Crippen molar-refractivity contribution in [2.75, 3.05) is 18.5 Å². The Morgan fingerprint density at radius 3 is 2.27 bits per heavy atom. The number of alkyl halides is 3. The van der Waals surface area contributed by atoms with Crippen LogP contribution in [0, 0.1) is 0 Å². The molecule has 138 valence electrons. The van der Waals surface area contributed by atoms with Crippen LogP contribution in [0.3, 0.4) is 0 Å². The van der Waals surface area contributed by atoms with E-state index >= 15 is 0 Å². The van der Waals surface area contributed by atoms with Crippen LogP contribution in [0.4, 0.5) is 18.9 Å².